The number of aliphatic hydroxyl groups is 1. The molecule has 28 heavy (non-hydrogen) atoms. The first-order valence-corrected chi connectivity index (χ1v) is 11.7. The van der Waals surface area contributed by atoms with Crippen LogP contribution in [0.1, 0.15) is 91.4 Å². The summed E-state index contributed by atoms with van der Waals surface area (Å²) in [5.41, 5.74) is 0.882. The summed E-state index contributed by atoms with van der Waals surface area (Å²) in [6, 6.07) is 0. The molecule has 4 aliphatic carbocycles. The van der Waals surface area contributed by atoms with Crippen molar-refractivity contribution < 1.29 is 15.0 Å². The summed E-state index contributed by atoms with van der Waals surface area (Å²) < 4.78 is 0. The van der Waals surface area contributed by atoms with E-state index in [1.807, 2.05) is 0 Å². The van der Waals surface area contributed by atoms with Crippen LogP contribution in [-0.4, -0.2) is 51.8 Å². The monoisotopic (exact) mass is 400 g/mol. The van der Waals surface area contributed by atoms with Crippen LogP contribution in [0.5, 0.6) is 0 Å². The number of hydrogen-bond donors (Lipinski definition) is 2. The summed E-state index contributed by atoms with van der Waals surface area (Å²) in [5.74, 6) is 3.91. The van der Waals surface area contributed by atoms with E-state index in [2.05, 4.69) is 20.8 Å². The summed E-state index contributed by atoms with van der Waals surface area (Å²) in [4.78, 5) is 11.0. The maximum atomic E-state index is 11.0. The van der Waals surface area contributed by atoms with Gasteiger partial charge in [-0.25, -0.2) is 0 Å². The molecule has 4 rings (SSSR count). The number of aliphatic hydroxyl groups excluding tert-OH is 1. The van der Waals surface area contributed by atoms with Gasteiger partial charge in [0.25, 0.3) is 0 Å². The quantitative estimate of drug-likeness (QED) is 0.663. The Labute approximate surface area is 193 Å². The topological polar surface area (TPSA) is 57.5 Å². The van der Waals surface area contributed by atoms with Gasteiger partial charge < -0.3 is 10.2 Å². The van der Waals surface area contributed by atoms with Crippen molar-refractivity contribution in [3.8, 4) is 0 Å². The standard InChI is InChI=1S/C24H40O3.Na.H/c1-15(4-9-22(26)27)19-7-8-20-18-6-5-16-14-17(25)10-12-23(16,2)21(18)11-13-24(19,20)3;;/h15-21,25H,4-14H2,1-3H3,(H,26,27);;/t15-,16-,17-,18+,19-,20+,21+,23+,24-;;/m1../s1. The van der Waals surface area contributed by atoms with Gasteiger partial charge in [0, 0.05) is 6.42 Å². The number of aliphatic carboxylic acids is 1. The second kappa shape index (κ2) is 8.52. The van der Waals surface area contributed by atoms with Crippen molar-refractivity contribution in [2.75, 3.05) is 0 Å². The molecule has 0 aromatic heterocycles. The van der Waals surface area contributed by atoms with Gasteiger partial charge in [-0.2, -0.15) is 0 Å². The average Bonchev–Trinajstić information content (AvgIpc) is 2.97. The van der Waals surface area contributed by atoms with Crippen molar-refractivity contribution in [1.29, 1.82) is 0 Å². The zero-order chi connectivity index (χ0) is 19.4. The Hall–Kier alpha value is 0.430. The van der Waals surface area contributed by atoms with Gasteiger partial charge in [-0.1, -0.05) is 20.8 Å². The summed E-state index contributed by atoms with van der Waals surface area (Å²) in [5, 5.41) is 19.3. The van der Waals surface area contributed by atoms with Crippen molar-refractivity contribution in [2.24, 2.45) is 46.3 Å². The molecule has 4 aliphatic rings. The van der Waals surface area contributed by atoms with E-state index in [9.17, 15) is 9.90 Å². The van der Waals surface area contributed by atoms with Crippen LogP contribution in [0, 0.1) is 46.3 Å². The van der Waals surface area contributed by atoms with E-state index in [1.54, 1.807) is 0 Å². The van der Waals surface area contributed by atoms with E-state index in [-0.39, 0.29) is 35.7 Å². The Bertz CT molecular complexity index is 580. The van der Waals surface area contributed by atoms with E-state index >= 15 is 0 Å². The number of carbonyl (C=O) groups is 1. The third kappa shape index (κ3) is 3.76. The number of hydrogen-bond acceptors (Lipinski definition) is 2. The van der Waals surface area contributed by atoms with Crippen molar-refractivity contribution >= 4 is 35.5 Å². The summed E-state index contributed by atoms with van der Waals surface area (Å²) in [6.45, 7) is 7.43. The van der Waals surface area contributed by atoms with Crippen molar-refractivity contribution in [3.63, 3.8) is 0 Å². The van der Waals surface area contributed by atoms with E-state index in [4.69, 9.17) is 5.11 Å². The minimum atomic E-state index is -0.643. The third-order valence-electron chi connectivity index (χ3n) is 10.2. The zero-order valence-corrected chi connectivity index (χ0v) is 17.6. The van der Waals surface area contributed by atoms with Crippen LogP contribution in [0.15, 0.2) is 0 Å². The predicted octanol–water partition coefficient (Wildman–Crippen LogP) is 4.86. The van der Waals surface area contributed by atoms with Gasteiger partial charge in [-0.3, -0.25) is 4.79 Å². The van der Waals surface area contributed by atoms with Gasteiger partial charge in [-0.15, -0.1) is 0 Å². The molecule has 0 heterocycles. The molecule has 0 spiro atoms. The van der Waals surface area contributed by atoms with E-state index in [1.165, 1.54) is 44.9 Å². The van der Waals surface area contributed by atoms with Crippen molar-refractivity contribution in [3.05, 3.63) is 0 Å². The van der Waals surface area contributed by atoms with E-state index in [0.717, 1.165) is 42.9 Å². The van der Waals surface area contributed by atoms with Crippen LogP contribution in [0.3, 0.4) is 0 Å². The summed E-state index contributed by atoms with van der Waals surface area (Å²) >= 11 is 0. The van der Waals surface area contributed by atoms with Crippen LogP contribution in [0.2, 0.25) is 0 Å². The van der Waals surface area contributed by atoms with Crippen LogP contribution >= 0.6 is 0 Å². The van der Waals surface area contributed by atoms with Gasteiger partial charge in [0.2, 0.25) is 0 Å². The molecule has 0 amide bonds. The maximum absolute atomic E-state index is 11.0. The molecule has 4 heteroatoms. The Morgan fingerprint density at radius 2 is 1.68 bits per heavy atom. The molecule has 0 aromatic rings. The van der Waals surface area contributed by atoms with Crippen LogP contribution in [0.4, 0.5) is 0 Å². The molecule has 4 saturated carbocycles. The zero-order valence-electron chi connectivity index (χ0n) is 17.6. The fourth-order valence-corrected chi connectivity index (χ4v) is 8.76. The number of rotatable bonds is 4. The van der Waals surface area contributed by atoms with Crippen molar-refractivity contribution in [1.82, 2.24) is 0 Å². The first-order chi connectivity index (χ1) is 12.8. The molecule has 156 valence electrons. The first kappa shape index (κ1) is 23.1. The molecule has 0 aromatic carbocycles. The second-order valence-corrected chi connectivity index (χ2v) is 11.2. The summed E-state index contributed by atoms with van der Waals surface area (Å²) in [7, 11) is 0. The number of fused-ring (bicyclic) bond motifs is 5. The molecular formula is C24H41NaO3. The minimum absolute atomic E-state index is 0. The van der Waals surface area contributed by atoms with Gasteiger partial charge in [-0.05, 0) is 111 Å². The molecule has 0 unspecified atom stereocenters. The Kier molecular flexibility index (Phi) is 7.03. The fraction of sp³-hybridized carbons (Fsp3) is 0.958. The molecule has 4 fully saturated rings. The molecule has 9 atom stereocenters. The van der Waals surface area contributed by atoms with E-state index in [0.29, 0.717) is 29.1 Å². The number of carboxylic acids is 1. The van der Waals surface area contributed by atoms with Crippen LogP contribution < -0.4 is 0 Å². The van der Waals surface area contributed by atoms with Gasteiger partial charge >= 0.3 is 35.5 Å². The van der Waals surface area contributed by atoms with Gasteiger partial charge in [0.05, 0.1) is 6.10 Å². The normalized spacial score (nSPS) is 48.6. The Morgan fingerprint density at radius 1 is 1.00 bits per heavy atom. The molecule has 0 saturated heterocycles. The van der Waals surface area contributed by atoms with Crippen LogP contribution in [0.25, 0.3) is 0 Å². The SMILES string of the molecule is C[C@H](CCC(=O)O)[C@H]1CC[C@H]2[C@@H]3CC[C@@H]4C[C@H](O)CC[C@]4(C)[C@H]3CC[C@]12C.[NaH]. The molecule has 0 aliphatic heterocycles. The third-order valence-corrected chi connectivity index (χ3v) is 10.2. The Morgan fingerprint density at radius 3 is 2.39 bits per heavy atom. The summed E-state index contributed by atoms with van der Waals surface area (Å²) in [6.07, 6.45) is 12.4. The number of carboxylic acid groups (broad SMARTS) is 1. The molecule has 0 bridgehead atoms. The molecular weight excluding hydrogens is 359 g/mol. The first-order valence-electron chi connectivity index (χ1n) is 11.7. The fourth-order valence-electron chi connectivity index (χ4n) is 8.76. The van der Waals surface area contributed by atoms with Gasteiger partial charge in [0.1, 0.15) is 0 Å². The molecule has 0 radical (unpaired) electrons. The predicted molar refractivity (Wildman–Crippen MR) is 114 cm³/mol. The van der Waals surface area contributed by atoms with Gasteiger partial charge in [0.15, 0.2) is 0 Å². The van der Waals surface area contributed by atoms with Crippen molar-refractivity contribution in [2.45, 2.75) is 97.5 Å². The Balaban J connectivity index is 0.00000225. The van der Waals surface area contributed by atoms with E-state index < -0.39 is 5.97 Å². The second-order valence-electron chi connectivity index (χ2n) is 11.2. The molecule has 3 nitrogen and oxygen atoms in total. The average molecular weight is 401 g/mol. The van der Waals surface area contributed by atoms with Crippen LogP contribution in [-0.2, 0) is 4.79 Å². The molecule has 2 N–H and O–H groups in total.